The number of rotatable bonds is 6. The Morgan fingerprint density at radius 2 is 2.23 bits per heavy atom. The zero-order valence-corrected chi connectivity index (χ0v) is 14.2. The molecular formula is C15H15N3O7S. The molecule has 0 spiro atoms. The van der Waals surface area contributed by atoms with Crippen molar-refractivity contribution >= 4 is 35.5 Å². The molecule has 2 amide bonds. The number of cyclic esters (lactones) is 1. The molecule has 11 heteroatoms. The molecule has 138 valence electrons. The molecule has 3 heterocycles. The van der Waals surface area contributed by atoms with Crippen LogP contribution in [-0.4, -0.2) is 63.0 Å². The minimum Gasteiger partial charge on any atom is -0.477 e. The van der Waals surface area contributed by atoms with Crippen molar-refractivity contribution in [2.45, 2.75) is 29.6 Å². The number of carboxylic acid groups (broad SMARTS) is 1. The Labute approximate surface area is 151 Å². The van der Waals surface area contributed by atoms with E-state index in [1.165, 1.54) is 11.8 Å². The van der Waals surface area contributed by atoms with Gasteiger partial charge in [0.2, 0.25) is 5.91 Å². The zero-order chi connectivity index (χ0) is 18.7. The van der Waals surface area contributed by atoms with E-state index in [1.54, 1.807) is 24.4 Å². The number of pyridine rings is 1. The van der Waals surface area contributed by atoms with Crippen LogP contribution in [0.1, 0.15) is 12.8 Å². The van der Waals surface area contributed by atoms with E-state index in [0.717, 1.165) is 0 Å². The number of amides is 2. The van der Waals surface area contributed by atoms with Gasteiger partial charge in [-0.15, -0.1) is 0 Å². The summed E-state index contributed by atoms with van der Waals surface area (Å²) in [5.41, 5.74) is -2.18. The summed E-state index contributed by atoms with van der Waals surface area (Å²) in [6, 6.07) is 4.23. The second kappa shape index (κ2) is 7.30. The van der Waals surface area contributed by atoms with Gasteiger partial charge in [-0.25, -0.2) is 9.78 Å². The van der Waals surface area contributed by atoms with Crippen molar-refractivity contribution in [1.29, 1.82) is 0 Å². The van der Waals surface area contributed by atoms with Crippen LogP contribution in [0.3, 0.4) is 0 Å². The normalized spacial score (nSPS) is 25.2. The summed E-state index contributed by atoms with van der Waals surface area (Å²) in [4.78, 5) is 56.5. The van der Waals surface area contributed by atoms with Crippen LogP contribution in [0.2, 0.25) is 0 Å². The number of hydroxylamine groups is 2. The lowest BCUT2D eigenvalue weighted by Crippen LogP contribution is -2.56. The smallest absolute Gasteiger partial charge is 0.372 e. The summed E-state index contributed by atoms with van der Waals surface area (Å²) in [6.07, 6.45) is 1.24. The number of nitrogens with one attached hydrogen (secondary N) is 1. The molecule has 0 saturated carbocycles. The Kier molecular flexibility index (Phi) is 5.09. The molecule has 2 fully saturated rings. The largest absolute Gasteiger partial charge is 0.477 e. The Hall–Kier alpha value is -2.66. The molecule has 0 bridgehead atoms. The number of hydrogen-bond acceptors (Lipinski definition) is 8. The average Bonchev–Trinajstić information content (AvgIpc) is 3.18. The molecule has 2 saturated heterocycles. The third-order valence-corrected chi connectivity index (χ3v) is 4.75. The third-order valence-electron chi connectivity index (χ3n) is 3.81. The van der Waals surface area contributed by atoms with Gasteiger partial charge >= 0.3 is 17.7 Å². The number of aliphatic carboxylic acids is 1. The van der Waals surface area contributed by atoms with Crippen molar-refractivity contribution in [3.05, 3.63) is 24.4 Å². The van der Waals surface area contributed by atoms with E-state index in [-0.39, 0.29) is 25.2 Å². The lowest BCUT2D eigenvalue weighted by atomic mass is 10.1. The molecule has 0 radical (unpaired) electrons. The van der Waals surface area contributed by atoms with Gasteiger partial charge in [0.1, 0.15) is 12.6 Å². The van der Waals surface area contributed by atoms with Crippen LogP contribution in [0.5, 0.6) is 0 Å². The molecule has 2 aliphatic heterocycles. The first kappa shape index (κ1) is 18.1. The highest BCUT2D eigenvalue weighted by molar-refractivity contribution is 7.99. The molecule has 0 aromatic carbocycles. The van der Waals surface area contributed by atoms with E-state index in [9.17, 15) is 24.3 Å². The first-order chi connectivity index (χ1) is 12.4. The van der Waals surface area contributed by atoms with E-state index < -0.39 is 35.5 Å². The third kappa shape index (κ3) is 3.48. The summed E-state index contributed by atoms with van der Waals surface area (Å²) >= 11 is 1.19. The van der Waals surface area contributed by atoms with E-state index >= 15 is 0 Å². The monoisotopic (exact) mass is 381 g/mol. The molecule has 2 aliphatic rings. The first-order valence-electron chi connectivity index (χ1n) is 7.68. The van der Waals surface area contributed by atoms with E-state index in [1.807, 2.05) is 0 Å². The SMILES string of the molecule is O=C(CSc1ccccn1)N[C@H]1CON(C2(C(=O)O)CCC(=O)O2)C1=O. The fraction of sp³-hybridized carbons (Fsp3) is 0.400. The Morgan fingerprint density at radius 3 is 2.85 bits per heavy atom. The second-order valence-electron chi connectivity index (χ2n) is 5.57. The topological polar surface area (TPSA) is 135 Å². The molecular weight excluding hydrogens is 366 g/mol. The maximum atomic E-state index is 12.4. The van der Waals surface area contributed by atoms with Gasteiger partial charge in [-0.2, -0.15) is 5.06 Å². The van der Waals surface area contributed by atoms with Crippen molar-refractivity contribution < 1.29 is 33.9 Å². The number of carbonyl (C=O) groups excluding carboxylic acids is 3. The summed E-state index contributed by atoms with van der Waals surface area (Å²) in [5, 5.41) is 13.1. The van der Waals surface area contributed by atoms with Crippen LogP contribution in [-0.2, 0) is 28.8 Å². The number of aromatic nitrogens is 1. The fourth-order valence-electron chi connectivity index (χ4n) is 2.56. The van der Waals surface area contributed by atoms with Gasteiger partial charge in [0.15, 0.2) is 0 Å². The molecule has 26 heavy (non-hydrogen) atoms. The van der Waals surface area contributed by atoms with E-state index in [2.05, 4.69) is 10.3 Å². The molecule has 1 aromatic heterocycles. The lowest BCUT2D eigenvalue weighted by Gasteiger charge is -2.30. The first-order valence-corrected chi connectivity index (χ1v) is 8.66. The minimum atomic E-state index is -2.18. The van der Waals surface area contributed by atoms with Crippen LogP contribution in [0.4, 0.5) is 0 Å². The Bertz CT molecular complexity index is 744. The average molecular weight is 381 g/mol. The van der Waals surface area contributed by atoms with Crippen LogP contribution in [0, 0.1) is 0 Å². The fourth-order valence-corrected chi connectivity index (χ4v) is 3.23. The maximum Gasteiger partial charge on any atom is 0.372 e. The van der Waals surface area contributed by atoms with Crippen LogP contribution < -0.4 is 5.32 Å². The summed E-state index contributed by atoms with van der Waals surface area (Å²) in [5.74, 6) is -3.42. The van der Waals surface area contributed by atoms with Crippen molar-refractivity contribution in [3.63, 3.8) is 0 Å². The van der Waals surface area contributed by atoms with Crippen LogP contribution in [0.15, 0.2) is 29.4 Å². The molecule has 3 rings (SSSR count). The summed E-state index contributed by atoms with van der Waals surface area (Å²) in [6.45, 7) is -0.245. The highest BCUT2D eigenvalue weighted by atomic mass is 32.2. The second-order valence-corrected chi connectivity index (χ2v) is 6.56. The van der Waals surface area contributed by atoms with E-state index in [4.69, 9.17) is 9.57 Å². The number of thioether (sulfide) groups is 1. The predicted molar refractivity (Wildman–Crippen MR) is 85.4 cm³/mol. The number of ether oxygens (including phenoxy) is 1. The Morgan fingerprint density at radius 1 is 1.42 bits per heavy atom. The van der Waals surface area contributed by atoms with Crippen molar-refractivity contribution in [2.75, 3.05) is 12.4 Å². The van der Waals surface area contributed by atoms with Crippen molar-refractivity contribution in [3.8, 4) is 0 Å². The number of carbonyl (C=O) groups is 4. The molecule has 1 unspecified atom stereocenters. The van der Waals surface area contributed by atoms with Crippen LogP contribution in [0.25, 0.3) is 0 Å². The molecule has 2 atom stereocenters. The van der Waals surface area contributed by atoms with Gasteiger partial charge in [0.05, 0.1) is 17.2 Å². The summed E-state index contributed by atoms with van der Waals surface area (Å²) in [7, 11) is 0. The van der Waals surface area contributed by atoms with Gasteiger partial charge < -0.3 is 15.2 Å². The minimum absolute atomic E-state index is 0.0276. The number of hydrogen-bond donors (Lipinski definition) is 2. The lowest BCUT2D eigenvalue weighted by molar-refractivity contribution is -0.256. The number of nitrogens with zero attached hydrogens (tertiary/aromatic N) is 2. The molecule has 1 aromatic rings. The van der Waals surface area contributed by atoms with Crippen molar-refractivity contribution in [1.82, 2.24) is 15.4 Å². The highest BCUT2D eigenvalue weighted by Crippen LogP contribution is 2.34. The molecule has 0 aliphatic carbocycles. The van der Waals surface area contributed by atoms with E-state index in [0.29, 0.717) is 10.1 Å². The summed E-state index contributed by atoms with van der Waals surface area (Å²) < 4.78 is 4.84. The predicted octanol–water partition coefficient (Wildman–Crippen LogP) is -0.450. The van der Waals surface area contributed by atoms with Gasteiger partial charge in [-0.1, -0.05) is 17.8 Å². The van der Waals surface area contributed by atoms with Gasteiger partial charge in [0.25, 0.3) is 5.91 Å². The zero-order valence-electron chi connectivity index (χ0n) is 13.4. The molecule has 2 N–H and O–H groups in total. The maximum absolute atomic E-state index is 12.4. The Balaban J connectivity index is 1.59. The molecule has 10 nitrogen and oxygen atoms in total. The standard InChI is InChI=1S/C15H15N3O7S/c19-10(8-26-11-3-1-2-6-16-11)17-9-7-24-18(13(9)21)15(14(22)23)5-4-12(20)25-15/h1-3,6,9H,4-5,7-8H2,(H,17,19)(H,22,23)/t9-,15?/m0/s1. The number of esters is 1. The van der Waals surface area contributed by atoms with Crippen molar-refractivity contribution in [2.24, 2.45) is 0 Å². The van der Waals surface area contributed by atoms with Crippen LogP contribution >= 0.6 is 11.8 Å². The van der Waals surface area contributed by atoms with Gasteiger partial charge in [-0.3, -0.25) is 19.2 Å². The van der Waals surface area contributed by atoms with Gasteiger partial charge in [-0.05, 0) is 12.1 Å². The van der Waals surface area contributed by atoms with Gasteiger partial charge in [0, 0.05) is 12.6 Å². The number of carboxylic acids is 1. The highest BCUT2D eigenvalue weighted by Gasteiger charge is 2.59. The quantitative estimate of drug-likeness (QED) is 0.496.